The number of aromatic nitrogens is 3. The van der Waals surface area contributed by atoms with Crippen LogP contribution in [0.1, 0.15) is 24.2 Å². The van der Waals surface area contributed by atoms with Crippen molar-refractivity contribution in [1.29, 1.82) is 0 Å². The first-order valence-electron chi connectivity index (χ1n) is 9.97. The minimum absolute atomic E-state index is 0.462. The zero-order valence-electron chi connectivity index (χ0n) is 16.9. The summed E-state index contributed by atoms with van der Waals surface area (Å²) < 4.78 is 28.7. The zero-order chi connectivity index (χ0) is 20.4. The Bertz CT molecular complexity index is 968. The van der Waals surface area contributed by atoms with Crippen LogP contribution in [0.3, 0.4) is 0 Å². The van der Waals surface area contributed by atoms with Gasteiger partial charge in [-0.2, -0.15) is 17.0 Å². The first kappa shape index (κ1) is 20.0. The number of hydrogen-bond acceptors (Lipinski definition) is 7. The van der Waals surface area contributed by atoms with E-state index >= 15 is 0 Å². The van der Waals surface area contributed by atoms with Crippen LogP contribution in [-0.4, -0.2) is 71.2 Å². The summed E-state index contributed by atoms with van der Waals surface area (Å²) in [7, 11) is -3.34. The van der Waals surface area contributed by atoms with Crippen LogP contribution in [0.4, 0.5) is 17.5 Å². The summed E-state index contributed by atoms with van der Waals surface area (Å²) in [5.74, 6) is 2.86. The van der Waals surface area contributed by atoms with Gasteiger partial charge < -0.3 is 10.2 Å². The number of piperazine rings is 1. The van der Waals surface area contributed by atoms with Crippen LogP contribution in [-0.2, 0) is 10.2 Å². The maximum absolute atomic E-state index is 12.8. The van der Waals surface area contributed by atoms with Crippen molar-refractivity contribution in [3.63, 3.8) is 0 Å². The minimum Gasteiger partial charge on any atom is -0.354 e. The highest BCUT2D eigenvalue weighted by Gasteiger charge is 2.34. The number of anilines is 3. The molecule has 0 aliphatic carbocycles. The van der Waals surface area contributed by atoms with Crippen LogP contribution in [0.5, 0.6) is 0 Å². The molecule has 29 heavy (non-hydrogen) atoms. The maximum Gasteiger partial charge on any atom is 0.282 e. The average molecular weight is 418 g/mol. The topological polar surface area (TPSA) is 94.6 Å². The molecule has 9 nitrogen and oxygen atoms in total. The molecule has 10 heteroatoms. The van der Waals surface area contributed by atoms with E-state index in [1.165, 1.54) is 0 Å². The summed E-state index contributed by atoms with van der Waals surface area (Å²) in [5, 5.41) is 3.23. The molecule has 0 radical (unpaired) electrons. The van der Waals surface area contributed by atoms with Gasteiger partial charge in [-0.15, -0.1) is 0 Å². The van der Waals surface area contributed by atoms with Crippen LogP contribution in [0, 0.1) is 13.8 Å². The fourth-order valence-corrected chi connectivity index (χ4v) is 5.41. The Kier molecular flexibility index (Phi) is 5.66. The van der Waals surface area contributed by atoms with Gasteiger partial charge >= 0.3 is 0 Å². The van der Waals surface area contributed by atoms with E-state index in [-0.39, 0.29) is 0 Å². The van der Waals surface area contributed by atoms with E-state index in [1.807, 2.05) is 32.0 Å². The normalized spacial score (nSPS) is 18.9. The Labute approximate surface area is 172 Å². The lowest BCUT2D eigenvalue weighted by molar-refractivity contribution is 0.343. The summed E-state index contributed by atoms with van der Waals surface area (Å²) in [6.07, 6.45) is 3.66. The Balaban J connectivity index is 1.45. The predicted octanol–water partition coefficient (Wildman–Crippen LogP) is 1.69. The highest BCUT2D eigenvalue weighted by Crippen LogP contribution is 2.23. The highest BCUT2D eigenvalue weighted by atomic mass is 32.2. The molecule has 0 spiro atoms. The fourth-order valence-electron chi connectivity index (χ4n) is 3.74. The molecule has 1 N–H and O–H groups in total. The van der Waals surface area contributed by atoms with Crippen molar-refractivity contribution in [3.05, 3.63) is 35.8 Å². The van der Waals surface area contributed by atoms with Gasteiger partial charge in [0, 0.05) is 51.5 Å². The van der Waals surface area contributed by atoms with Gasteiger partial charge in [-0.3, -0.25) is 0 Å². The van der Waals surface area contributed by atoms with Crippen LogP contribution in [0.2, 0.25) is 0 Å². The molecule has 2 saturated heterocycles. The van der Waals surface area contributed by atoms with Crippen molar-refractivity contribution in [2.45, 2.75) is 26.7 Å². The third kappa shape index (κ3) is 4.49. The van der Waals surface area contributed by atoms with Crippen molar-refractivity contribution < 1.29 is 8.42 Å². The van der Waals surface area contributed by atoms with E-state index < -0.39 is 10.2 Å². The Morgan fingerprint density at radius 2 is 1.59 bits per heavy atom. The molecule has 2 aliphatic heterocycles. The van der Waals surface area contributed by atoms with Gasteiger partial charge in [0.2, 0.25) is 0 Å². The minimum atomic E-state index is -3.34. The molecule has 2 aliphatic rings. The van der Waals surface area contributed by atoms with Crippen molar-refractivity contribution in [3.8, 4) is 0 Å². The van der Waals surface area contributed by atoms with Crippen molar-refractivity contribution >= 4 is 27.7 Å². The largest absolute Gasteiger partial charge is 0.354 e. The Morgan fingerprint density at radius 1 is 0.897 bits per heavy atom. The first-order valence-corrected chi connectivity index (χ1v) is 11.4. The molecule has 156 valence electrons. The second kappa shape index (κ2) is 8.21. The van der Waals surface area contributed by atoms with Gasteiger partial charge in [-0.05, 0) is 44.4 Å². The highest BCUT2D eigenvalue weighted by molar-refractivity contribution is 7.86. The molecule has 0 unspecified atom stereocenters. The standard InChI is InChI=1S/C19H27N7O2S/c1-15-5-6-20-17(13-15)23-18-14-19(22-16(2)21-18)24-9-11-26(12-10-24)29(27,28)25-7-3-4-8-25/h5-6,13-14H,3-4,7-12H2,1-2H3,(H,20,21,22,23). The number of pyridine rings is 1. The molecule has 0 saturated carbocycles. The number of rotatable bonds is 5. The summed E-state index contributed by atoms with van der Waals surface area (Å²) in [5.41, 5.74) is 1.11. The Hall–Kier alpha value is -2.30. The lowest BCUT2D eigenvalue weighted by atomic mass is 10.3. The molecule has 2 aromatic rings. The number of hydrogen-bond donors (Lipinski definition) is 1. The molecule has 0 aromatic carbocycles. The molecule has 0 bridgehead atoms. The van der Waals surface area contributed by atoms with Gasteiger partial charge in [-0.1, -0.05) is 0 Å². The molecule has 2 fully saturated rings. The quantitative estimate of drug-likeness (QED) is 0.791. The average Bonchev–Trinajstić information content (AvgIpc) is 3.23. The lowest BCUT2D eigenvalue weighted by Gasteiger charge is -2.36. The summed E-state index contributed by atoms with van der Waals surface area (Å²) >= 11 is 0. The van der Waals surface area contributed by atoms with E-state index in [0.29, 0.717) is 50.9 Å². The molecule has 4 rings (SSSR count). The maximum atomic E-state index is 12.8. The van der Waals surface area contributed by atoms with Crippen molar-refractivity contribution in [2.75, 3.05) is 49.5 Å². The Morgan fingerprint density at radius 3 is 2.28 bits per heavy atom. The summed E-state index contributed by atoms with van der Waals surface area (Å²) in [4.78, 5) is 15.4. The van der Waals surface area contributed by atoms with E-state index in [4.69, 9.17) is 0 Å². The van der Waals surface area contributed by atoms with Gasteiger partial charge in [0.05, 0.1) is 0 Å². The van der Waals surface area contributed by atoms with Crippen LogP contribution in [0.25, 0.3) is 0 Å². The van der Waals surface area contributed by atoms with Gasteiger partial charge in [0.15, 0.2) is 0 Å². The molecular formula is C19H27N7O2S. The van der Waals surface area contributed by atoms with Crippen molar-refractivity contribution in [1.82, 2.24) is 23.6 Å². The second-order valence-electron chi connectivity index (χ2n) is 7.50. The van der Waals surface area contributed by atoms with Crippen LogP contribution >= 0.6 is 0 Å². The van der Waals surface area contributed by atoms with E-state index in [0.717, 1.165) is 30.0 Å². The third-order valence-corrected chi connectivity index (χ3v) is 7.31. The SMILES string of the molecule is Cc1ccnc(Nc2cc(N3CCN(S(=O)(=O)N4CCCC4)CC3)nc(C)n2)c1. The predicted molar refractivity (Wildman–Crippen MR) is 113 cm³/mol. The smallest absolute Gasteiger partial charge is 0.282 e. The first-order chi connectivity index (χ1) is 13.9. The van der Waals surface area contributed by atoms with E-state index in [2.05, 4.69) is 25.2 Å². The number of aryl methyl sites for hydroxylation is 2. The van der Waals surface area contributed by atoms with E-state index in [1.54, 1.807) is 14.8 Å². The van der Waals surface area contributed by atoms with Gasteiger partial charge in [-0.25, -0.2) is 15.0 Å². The molecule has 2 aromatic heterocycles. The lowest BCUT2D eigenvalue weighted by Crippen LogP contribution is -2.52. The van der Waals surface area contributed by atoms with Gasteiger partial charge in [0.1, 0.15) is 23.3 Å². The van der Waals surface area contributed by atoms with Crippen LogP contribution < -0.4 is 10.2 Å². The zero-order valence-corrected chi connectivity index (χ0v) is 17.7. The summed E-state index contributed by atoms with van der Waals surface area (Å²) in [6.45, 7) is 7.27. The third-order valence-electron chi connectivity index (χ3n) is 5.28. The van der Waals surface area contributed by atoms with Crippen LogP contribution in [0.15, 0.2) is 24.4 Å². The monoisotopic (exact) mass is 417 g/mol. The summed E-state index contributed by atoms with van der Waals surface area (Å²) in [6, 6.07) is 5.79. The molecule has 0 amide bonds. The van der Waals surface area contributed by atoms with E-state index in [9.17, 15) is 8.42 Å². The van der Waals surface area contributed by atoms with Crippen molar-refractivity contribution in [2.24, 2.45) is 0 Å². The molecular weight excluding hydrogens is 390 g/mol. The molecule has 0 atom stereocenters. The fraction of sp³-hybridized carbons (Fsp3) is 0.526. The number of nitrogens with one attached hydrogen (secondary N) is 1. The van der Waals surface area contributed by atoms with Gasteiger partial charge in [0.25, 0.3) is 10.2 Å². The number of nitrogens with zero attached hydrogens (tertiary/aromatic N) is 6. The molecule has 4 heterocycles. The second-order valence-corrected chi connectivity index (χ2v) is 9.43.